The molecule has 192 valence electrons. The number of carbonyl (C=O) groups is 1. The van der Waals surface area contributed by atoms with Crippen molar-refractivity contribution in [2.45, 2.75) is 69.2 Å². The fraction of sp³-hybridized carbons (Fsp3) is 0.571. The first-order valence-electron chi connectivity index (χ1n) is 13.4. The molecular weight excluding hydrogens is 473 g/mol. The fourth-order valence-corrected chi connectivity index (χ4v) is 6.13. The molecule has 2 aliphatic carbocycles. The molecule has 2 aromatic rings. The van der Waals surface area contributed by atoms with E-state index in [2.05, 4.69) is 37.8 Å². The number of nitrogens with one attached hydrogen (secondary N) is 2. The molecule has 0 bridgehead atoms. The van der Waals surface area contributed by atoms with Crippen LogP contribution in [0.2, 0.25) is 0 Å². The minimum Gasteiger partial charge on any atom is -0.371 e. The Labute approximate surface area is 217 Å². The number of aromatic nitrogens is 1. The molecule has 1 spiro atoms. The summed E-state index contributed by atoms with van der Waals surface area (Å²) >= 11 is 1.79. The molecule has 2 aliphatic heterocycles. The lowest BCUT2D eigenvalue weighted by Gasteiger charge is -2.35. The Hall–Kier alpha value is -2.48. The first-order chi connectivity index (χ1) is 17.4. The second kappa shape index (κ2) is 9.43. The van der Waals surface area contributed by atoms with E-state index in [0.717, 1.165) is 30.3 Å². The summed E-state index contributed by atoms with van der Waals surface area (Å²) in [5.74, 6) is 1.17. The van der Waals surface area contributed by atoms with E-state index in [1.165, 1.54) is 38.5 Å². The summed E-state index contributed by atoms with van der Waals surface area (Å²) in [6.45, 7) is 5.57. The summed E-state index contributed by atoms with van der Waals surface area (Å²) in [7, 11) is 0. The number of carbonyl (C=O) groups excluding carboxylic acids is 1. The van der Waals surface area contributed by atoms with Gasteiger partial charge in [0.2, 0.25) is 0 Å². The number of anilines is 4. The van der Waals surface area contributed by atoms with E-state index >= 15 is 0 Å². The Morgan fingerprint density at radius 3 is 2.44 bits per heavy atom. The summed E-state index contributed by atoms with van der Waals surface area (Å²) in [6.07, 6.45) is 7.93. The molecular formula is C28H36FN5OS. The molecule has 6 rings (SSSR count). The van der Waals surface area contributed by atoms with Crippen molar-refractivity contribution in [1.29, 1.82) is 0 Å². The quantitative estimate of drug-likeness (QED) is 0.429. The molecule has 36 heavy (non-hydrogen) atoms. The Kier molecular flexibility index (Phi) is 6.26. The zero-order chi connectivity index (χ0) is 24.8. The molecule has 8 heteroatoms. The third-order valence-electron chi connectivity index (χ3n) is 8.46. The number of halogens is 1. The number of hydrogen-bond acceptors (Lipinski definition) is 6. The number of amides is 1. The van der Waals surface area contributed by atoms with Crippen molar-refractivity contribution in [3.8, 4) is 0 Å². The Bertz CT molecular complexity index is 1120. The van der Waals surface area contributed by atoms with E-state index < -0.39 is 6.17 Å². The van der Waals surface area contributed by atoms with Gasteiger partial charge in [-0.25, -0.2) is 9.37 Å². The molecule has 0 atom stereocenters. The van der Waals surface area contributed by atoms with Crippen molar-refractivity contribution in [3.05, 3.63) is 42.0 Å². The van der Waals surface area contributed by atoms with Gasteiger partial charge in [-0.2, -0.15) is 0 Å². The van der Waals surface area contributed by atoms with Gasteiger partial charge in [0.15, 0.2) is 0 Å². The molecule has 1 aromatic carbocycles. The molecule has 3 heterocycles. The average molecular weight is 510 g/mol. The van der Waals surface area contributed by atoms with Gasteiger partial charge in [-0.15, -0.1) is 0 Å². The normalized spacial score (nSPS) is 22.4. The number of hydrogen-bond donors (Lipinski definition) is 2. The van der Waals surface area contributed by atoms with Gasteiger partial charge in [-0.05, 0) is 106 Å². The summed E-state index contributed by atoms with van der Waals surface area (Å²) in [5, 5.41) is 3.04. The predicted octanol–water partition coefficient (Wildman–Crippen LogP) is 6.27. The molecule has 6 nitrogen and oxygen atoms in total. The molecule has 4 aliphatic rings. The Balaban J connectivity index is 1.20. The molecule has 0 unspecified atom stereocenters. The zero-order valence-electron chi connectivity index (χ0n) is 21.1. The summed E-state index contributed by atoms with van der Waals surface area (Å²) in [6, 6.07) is 11.8. The lowest BCUT2D eigenvalue weighted by atomic mass is 9.93. The van der Waals surface area contributed by atoms with Crippen molar-refractivity contribution < 1.29 is 9.18 Å². The molecule has 2 N–H and O–H groups in total. The maximum atomic E-state index is 13.6. The van der Waals surface area contributed by atoms with Gasteiger partial charge < -0.3 is 19.8 Å². The van der Waals surface area contributed by atoms with Gasteiger partial charge in [0, 0.05) is 36.6 Å². The molecule has 2 saturated carbocycles. The minimum atomic E-state index is -0.727. The highest BCUT2D eigenvalue weighted by molar-refractivity contribution is 8.02. The number of pyridine rings is 1. The van der Waals surface area contributed by atoms with Crippen LogP contribution in [0.15, 0.2) is 36.4 Å². The van der Waals surface area contributed by atoms with Gasteiger partial charge in [-0.1, -0.05) is 6.07 Å². The van der Waals surface area contributed by atoms with Gasteiger partial charge in [0.05, 0.1) is 11.3 Å². The second-order valence-electron chi connectivity index (χ2n) is 11.4. The second-order valence-corrected chi connectivity index (χ2v) is 12.8. The highest BCUT2D eigenvalue weighted by Crippen LogP contribution is 2.54. The van der Waals surface area contributed by atoms with Crippen LogP contribution in [-0.4, -0.2) is 48.0 Å². The lowest BCUT2D eigenvalue weighted by molar-refractivity contribution is 0.102. The number of benzene rings is 1. The van der Waals surface area contributed by atoms with Crippen LogP contribution >= 0.6 is 11.9 Å². The van der Waals surface area contributed by atoms with Crippen molar-refractivity contribution in [1.82, 2.24) is 4.98 Å². The van der Waals surface area contributed by atoms with E-state index in [-0.39, 0.29) is 5.91 Å². The molecule has 0 radical (unpaired) electrons. The van der Waals surface area contributed by atoms with Crippen LogP contribution in [-0.2, 0) is 0 Å². The van der Waals surface area contributed by atoms with Crippen LogP contribution in [0.4, 0.5) is 27.4 Å². The van der Waals surface area contributed by atoms with Crippen molar-refractivity contribution in [2.24, 2.45) is 5.41 Å². The maximum Gasteiger partial charge on any atom is 0.258 e. The van der Waals surface area contributed by atoms with E-state index in [1.807, 2.05) is 30.3 Å². The smallest absolute Gasteiger partial charge is 0.258 e. The van der Waals surface area contributed by atoms with E-state index in [9.17, 15) is 9.18 Å². The van der Waals surface area contributed by atoms with Gasteiger partial charge in [-0.3, -0.25) is 4.79 Å². The van der Waals surface area contributed by atoms with Gasteiger partial charge in [0.1, 0.15) is 17.8 Å². The average Bonchev–Trinajstić information content (AvgIpc) is 3.82. The number of nitrogens with zero attached hydrogens (tertiary/aromatic N) is 3. The number of piperidine rings is 2. The van der Waals surface area contributed by atoms with Crippen molar-refractivity contribution >= 4 is 40.9 Å². The first-order valence-corrected chi connectivity index (χ1v) is 14.2. The van der Waals surface area contributed by atoms with Crippen LogP contribution in [0.3, 0.4) is 0 Å². The third kappa shape index (κ3) is 5.29. The Morgan fingerprint density at radius 2 is 1.75 bits per heavy atom. The van der Waals surface area contributed by atoms with Crippen LogP contribution in [0.1, 0.15) is 68.6 Å². The largest absolute Gasteiger partial charge is 0.371 e. The van der Waals surface area contributed by atoms with Gasteiger partial charge in [0.25, 0.3) is 5.91 Å². The topological polar surface area (TPSA) is 60.5 Å². The maximum absolute atomic E-state index is 13.6. The first kappa shape index (κ1) is 23.9. The third-order valence-corrected chi connectivity index (χ3v) is 9.70. The molecule has 1 aromatic heterocycles. The van der Waals surface area contributed by atoms with Crippen molar-refractivity contribution in [2.75, 3.05) is 46.0 Å². The highest BCUT2D eigenvalue weighted by atomic mass is 32.2. The summed E-state index contributed by atoms with van der Waals surface area (Å²) in [5.41, 5.74) is 3.30. The fourth-order valence-electron chi connectivity index (χ4n) is 5.34. The number of alkyl halides is 1. The summed E-state index contributed by atoms with van der Waals surface area (Å²) in [4.78, 5) is 22.7. The highest BCUT2D eigenvalue weighted by Gasteiger charge is 2.44. The van der Waals surface area contributed by atoms with Gasteiger partial charge >= 0.3 is 0 Å². The van der Waals surface area contributed by atoms with Crippen LogP contribution in [0.25, 0.3) is 0 Å². The molecule has 1 amide bonds. The Morgan fingerprint density at radius 1 is 1.00 bits per heavy atom. The standard InChI is InChI=1S/C28H36FN5OS/c1-27(9-10-27)36-32-21-5-6-22(23(19-21)33-17-13-28(11-12-28)14-18-33)26(35)31-24-3-2-4-25(30-24)34-15-7-20(29)8-16-34/h2-6,19-20,32H,7-18H2,1H3,(H,30,31,35). The zero-order valence-corrected chi connectivity index (χ0v) is 21.9. The van der Waals surface area contributed by atoms with Crippen LogP contribution in [0, 0.1) is 5.41 Å². The van der Waals surface area contributed by atoms with Crippen LogP contribution in [0.5, 0.6) is 0 Å². The number of rotatable bonds is 7. The van der Waals surface area contributed by atoms with E-state index in [1.54, 1.807) is 11.9 Å². The monoisotopic (exact) mass is 509 g/mol. The minimum absolute atomic E-state index is 0.141. The molecule has 2 saturated heterocycles. The predicted molar refractivity (Wildman–Crippen MR) is 147 cm³/mol. The van der Waals surface area contributed by atoms with E-state index in [0.29, 0.717) is 47.5 Å². The van der Waals surface area contributed by atoms with Crippen molar-refractivity contribution in [3.63, 3.8) is 0 Å². The SMILES string of the molecule is CC1(SNc2ccc(C(=O)Nc3cccc(N4CCC(F)CC4)n3)c(N3CCC4(CC3)CC4)c2)CC1. The summed E-state index contributed by atoms with van der Waals surface area (Å²) < 4.78 is 17.4. The molecule has 4 fully saturated rings. The van der Waals surface area contributed by atoms with E-state index in [4.69, 9.17) is 0 Å². The lowest BCUT2D eigenvalue weighted by Crippen LogP contribution is -2.36. The van der Waals surface area contributed by atoms with Crippen LogP contribution < -0.4 is 19.8 Å².